The number of nitrogens with one attached hydrogen (secondary N) is 2. The number of anilines is 4. The highest BCUT2D eigenvalue weighted by Gasteiger charge is 2.29. The molecule has 1 aliphatic heterocycles. The Morgan fingerprint density at radius 2 is 1.89 bits per heavy atom. The Hall–Kier alpha value is -2.81. The van der Waals surface area contributed by atoms with Crippen LogP contribution in [-0.4, -0.2) is 61.4 Å². The van der Waals surface area contributed by atoms with Crippen LogP contribution < -0.4 is 16.1 Å². The fourth-order valence-electron chi connectivity index (χ4n) is 5.15. The molecule has 0 saturated carbocycles. The summed E-state index contributed by atoms with van der Waals surface area (Å²) < 4.78 is 37.4. The van der Waals surface area contributed by atoms with E-state index in [1.54, 1.807) is 31.5 Å². The van der Waals surface area contributed by atoms with Crippen molar-refractivity contribution in [1.29, 1.82) is 0 Å². The number of pyridine rings is 1. The van der Waals surface area contributed by atoms with Gasteiger partial charge in [0, 0.05) is 25.0 Å². The second kappa shape index (κ2) is 9.25. The number of sulfone groups is 1. The molecule has 1 atom stereocenters. The standard InChI is InChI=1S/C25H31N6O3PS/c1-31-14-17-8-5-7-16-11-19(12-18(15-31)23(16)17)27-25-26-13-20(36(4,33)34)24(30-25)29-21-9-6-10-22(28-21)35(2,3)32/h6,9-13,17H,5,7-8,14-15H2,1-4H3,(H2,26,27,28,29,30). The molecule has 3 aromatic rings. The molecule has 0 radical (unpaired) electrons. The average molecular weight is 527 g/mol. The molecule has 0 spiro atoms. The topological polar surface area (TPSA) is 117 Å². The molecule has 36 heavy (non-hydrogen) atoms. The van der Waals surface area contributed by atoms with E-state index in [2.05, 4.69) is 49.7 Å². The SMILES string of the molecule is CN1Cc2cc(Nc3ncc(S(C)(=O)=O)c(Nc4cccc(P(C)(C)=O)n4)n3)cc3c2C(CCC3)C1. The third-order valence-corrected chi connectivity index (χ3v) is 9.12. The van der Waals surface area contributed by atoms with Crippen LogP contribution in [0.1, 0.15) is 35.4 Å². The average Bonchev–Trinajstić information content (AvgIpc) is 2.78. The first-order valence-electron chi connectivity index (χ1n) is 12.0. The van der Waals surface area contributed by atoms with Gasteiger partial charge >= 0.3 is 0 Å². The van der Waals surface area contributed by atoms with Crippen molar-refractivity contribution in [3.05, 3.63) is 53.2 Å². The van der Waals surface area contributed by atoms with Crippen LogP contribution in [0, 0.1) is 0 Å². The number of aryl methyl sites for hydroxylation is 1. The van der Waals surface area contributed by atoms with Gasteiger partial charge in [0.15, 0.2) is 15.7 Å². The molecule has 0 fully saturated rings. The molecule has 0 bridgehead atoms. The van der Waals surface area contributed by atoms with Crippen LogP contribution in [-0.2, 0) is 27.4 Å². The monoisotopic (exact) mass is 526 g/mol. The molecule has 5 rings (SSSR count). The molecule has 190 valence electrons. The maximum atomic E-state index is 12.5. The van der Waals surface area contributed by atoms with Crippen LogP contribution in [0.2, 0.25) is 0 Å². The third kappa shape index (κ3) is 5.16. The van der Waals surface area contributed by atoms with E-state index >= 15 is 0 Å². The lowest BCUT2D eigenvalue weighted by Crippen LogP contribution is -2.33. The summed E-state index contributed by atoms with van der Waals surface area (Å²) in [5.74, 6) is 1.34. The molecule has 1 aromatic carbocycles. The molecule has 9 nitrogen and oxygen atoms in total. The van der Waals surface area contributed by atoms with E-state index in [1.807, 2.05) is 0 Å². The maximum Gasteiger partial charge on any atom is 0.229 e. The van der Waals surface area contributed by atoms with E-state index in [0.29, 0.717) is 17.2 Å². The summed E-state index contributed by atoms with van der Waals surface area (Å²) in [4.78, 5) is 15.5. The summed E-state index contributed by atoms with van der Waals surface area (Å²) in [6, 6.07) is 9.43. The molecule has 1 unspecified atom stereocenters. The van der Waals surface area contributed by atoms with Gasteiger partial charge in [0.1, 0.15) is 23.3 Å². The van der Waals surface area contributed by atoms with Gasteiger partial charge in [0.25, 0.3) is 0 Å². The van der Waals surface area contributed by atoms with Gasteiger partial charge in [0.2, 0.25) is 5.95 Å². The van der Waals surface area contributed by atoms with Crippen molar-refractivity contribution in [2.75, 3.05) is 43.8 Å². The number of hydrogen-bond donors (Lipinski definition) is 2. The first kappa shape index (κ1) is 24.9. The Labute approximate surface area is 212 Å². The number of nitrogens with zero attached hydrogens (tertiary/aromatic N) is 4. The van der Waals surface area contributed by atoms with Gasteiger partial charge in [-0.1, -0.05) is 6.07 Å². The fraction of sp³-hybridized carbons (Fsp3) is 0.400. The van der Waals surface area contributed by atoms with Gasteiger partial charge < -0.3 is 20.1 Å². The molecule has 2 N–H and O–H groups in total. The van der Waals surface area contributed by atoms with Crippen molar-refractivity contribution in [2.45, 2.75) is 36.6 Å². The van der Waals surface area contributed by atoms with Gasteiger partial charge in [-0.15, -0.1) is 0 Å². The summed E-state index contributed by atoms with van der Waals surface area (Å²) in [5, 5.41) is 6.28. The lowest BCUT2D eigenvalue weighted by Gasteiger charge is -2.37. The maximum absolute atomic E-state index is 12.5. The van der Waals surface area contributed by atoms with Crippen LogP contribution in [0.15, 0.2) is 41.4 Å². The highest BCUT2D eigenvalue weighted by atomic mass is 32.2. The highest BCUT2D eigenvalue weighted by molar-refractivity contribution is 7.90. The Bertz CT molecular complexity index is 1490. The summed E-state index contributed by atoms with van der Waals surface area (Å²) >= 11 is 0. The van der Waals surface area contributed by atoms with E-state index in [1.165, 1.54) is 35.7 Å². The minimum atomic E-state index is -3.61. The Balaban J connectivity index is 1.50. The second-order valence-electron chi connectivity index (χ2n) is 10.2. The third-order valence-electron chi connectivity index (χ3n) is 6.67. The van der Waals surface area contributed by atoms with Crippen LogP contribution in [0.4, 0.5) is 23.3 Å². The number of likely N-dealkylation sites (N-methyl/N-ethyl adjacent to an activating group) is 1. The second-order valence-corrected chi connectivity index (χ2v) is 15.3. The quantitative estimate of drug-likeness (QED) is 0.462. The van der Waals surface area contributed by atoms with Crippen molar-refractivity contribution in [1.82, 2.24) is 19.9 Å². The van der Waals surface area contributed by atoms with E-state index in [0.717, 1.165) is 31.5 Å². The molecule has 2 aromatic heterocycles. The van der Waals surface area contributed by atoms with Crippen molar-refractivity contribution in [2.24, 2.45) is 0 Å². The minimum absolute atomic E-state index is 0.0403. The first-order chi connectivity index (χ1) is 17.0. The van der Waals surface area contributed by atoms with Crippen LogP contribution >= 0.6 is 7.14 Å². The van der Waals surface area contributed by atoms with Gasteiger partial charge in [-0.3, -0.25) is 0 Å². The molecule has 2 aliphatic rings. The van der Waals surface area contributed by atoms with Gasteiger partial charge in [-0.2, -0.15) is 4.98 Å². The molecule has 0 saturated heterocycles. The van der Waals surface area contributed by atoms with Crippen LogP contribution in [0.5, 0.6) is 0 Å². The number of benzene rings is 1. The minimum Gasteiger partial charge on any atom is -0.324 e. The lowest BCUT2D eigenvalue weighted by molar-refractivity contribution is 0.266. The summed E-state index contributed by atoms with van der Waals surface area (Å²) in [6.07, 6.45) is 5.87. The fourth-order valence-corrected chi connectivity index (χ4v) is 6.63. The normalized spacial score (nSPS) is 17.9. The molecule has 3 heterocycles. The largest absolute Gasteiger partial charge is 0.324 e. The number of rotatable bonds is 6. The summed E-state index contributed by atoms with van der Waals surface area (Å²) in [7, 11) is -4.05. The Kier molecular flexibility index (Phi) is 6.39. The first-order valence-corrected chi connectivity index (χ1v) is 16.4. The van der Waals surface area contributed by atoms with Crippen molar-refractivity contribution in [3.8, 4) is 0 Å². The zero-order chi connectivity index (χ0) is 25.7. The predicted octanol–water partition coefficient (Wildman–Crippen LogP) is 3.88. The van der Waals surface area contributed by atoms with Gasteiger partial charge in [0.05, 0.1) is 6.20 Å². The lowest BCUT2D eigenvalue weighted by atomic mass is 9.77. The van der Waals surface area contributed by atoms with Crippen molar-refractivity contribution < 1.29 is 13.0 Å². The summed E-state index contributed by atoms with van der Waals surface area (Å²) in [6.45, 7) is 5.27. The highest BCUT2D eigenvalue weighted by Crippen LogP contribution is 2.40. The number of hydrogen-bond acceptors (Lipinski definition) is 9. The molecule has 11 heteroatoms. The van der Waals surface area contributed by atoms with E-state index in [4.69, 9.17) is 0 Å². The summed E-state index contributed by atoms with van der Waals surface area (Å²) in [5.41, 5.74) is 5.53. The van der Waals surface area contributed by atoms with Gasteiger partial charge in [-0.25, -0.2) is 18.4 Å². The zero-order valence-corrected chi connectivity index (χ0v) is 22.7. The van der Waals surface area contributed by atoms with Crippen LogP contribution in [0.25, 0.3) is 0 Å². The molecular formula is C25H31N6O3PS. The van der Waals surface area contributed by atoms with E-state index in [-0.39, 0.29) is 16.7 Å². The van der Waals surface area contributed by atoms with Gasteiger partial charge in [-0.05, 0) is 86.5 Å². The smallest absolute Gasteiger partial charge is 0.229 e. The van der Waals surface area contributed by atoms with E-state index < -0.39 is 17.0 Å². The van der Waals surface area contributed by atoms with Crippen molar-refractivity contribution >= 4 is 45.7 Å². The predicted molar refractivity (Wildman–Crippen MR) is 143 cm³/mol. The Morgan fingerprint density at radius 3 is 2.64 bits per heavy atom. The van der Waals surface area contributed by atoms with Crippen LogP contribution in [0.3, 0.4) is 0 Å². The molecule has 0 amide bonds. The van der Waals surface area contributed by atoms with E-state index in [9.17, 15) is 13.0 Å². The number of aromatic nitrogens is 3. The molecule has 1 aliphatic carbocycles. The van der Waals surface area contributed by atoms with Crippen molar-refractivity contribution in [3.63, 3.8) is 0 Å². The molecular weight excluding hydrogens is 495 g/mol. The Morgan fingerprint density at radius 1 is 1.11 bits per heavy atom. The zero-order valence-electron chi connectivity index (χ0n) is 20.9.